The molecule has 4 nitrogen and oxygen atoms in total. The van der Waals surface area contributed by atoms with E-state index in [9.17, 15) is 28.1 Å². The van der Waals surface area contributed by atoms with Crippen LogP contribution in [0.1, 0.15) is 33.4 Å². The van der Waals surface area contributed by atoms with Crippen LogP contribution in [0, 0.1) is 48.5 Å². The van der Waals surface area contributed by atoms with Crippen molar-refractivity contribution < 1.29 is 17.6 Å². The molecule has 2 aliphatic rings. The molecular formula is C34H14F4N4. The molecule has 4 aromatic rings. The van der Waals surface area contributed by atoms with Crippen molar-refractivity contribution in [2.24, 2.45) is 0 Å². The first-order valence-electron chi connectivity index (χ1n) is 12.5. The Morgan fingerprint density at radius 1 is 0.643 bits per heavy atom. The van der Waals surface area contributed by atoms with Gasteiger partial charge < -0.3 is 0 Å². The van der Waals surface area contributed by atoms with Crippen LogP contribution in [0.15, 0.2) is 78.1 Å². The zero-order chi connectivity index (χ0) is 29.9. The van der Waals surface area contributed by atoms with Crippen LogP contribution in [0.2, 0.25) is 0 Å². The molecular weight excluding hydrogens is 540 g/mol. The summed E-state index contributed by atoms with van der Waals surface area (Å²) in [5.74, 6) is -1.38. The standard InChI is InChI=1S/C34H14F4N4/c1-17-4-7-20-22-13-23-21-8-5-18(19-6-9-29(35)28(12-19)34(36,37)38)11-25(21)33(31(16-40)42-3)27(23)14-26(22)32(24(20)10-17)30(15-39)41-2/h4-14H,1H3/b32-30+,33-31?. The second-order valence-corrected chi connectivity index (χ2v) is 9.84. The number of allylic oxidation sites excluding steroid dienone is 2. The zero-order valence-electron chi connectivity index (χ0n) is 21.7. The lowest BCUT2D eigenvalue weighted by Gasteiger charge is -2.12. The van der Waals surface area contributed by atoms with E-state index < -0.39 is 17.6 Å². The number of rotatable bonds is 1. The molecule has 6 rings (SSSR count). The van der Waals surface area contributed by atoms with Gasteiger partial charge >= 0.3 is 6.18 Å². The lowest BCUT2D eigenvalue weighted by Crippen LogP contribution is -2.08. The molecule has 0 aromatic heterocycles. The van der Waals surface area contributed by atoms with E-state index in [0.29, 0.717) is 44.5 Å². The maximum atomic E-state index is 14.0. The Morgan fingerprint density at radius 2 is 1.12 bits per heavy atom. The maximum Gasteiger partial charge on any atom is 0.419 e. The molecule has 0 heterocycles. The van der Waals surface area contributed by atoms with Crippen LogP contribution in [-0.4, -0.2) is 0 Å². The van der Waals surface area contributed by atoms with Gasteiger partial charge in [0, 0.05) is 11.1 Å². The molecule has 8 heteroatoms. The average molecular weight is 555 g/mol. The first-order valence-corrected chi connectivity index (χ1v) is 12.5. The largest absolute Gasteiger partial charge is 0.419 e. The van der Waals surface area contributed by atoms with Crippen LogP contribution in [-0.2, 0) is 6.18 Å². The van der Waals surface area contributed by atoms with Crippen molar-refractivity contribution in [1.82, 2.24) is 0 Å². The molecule has 0 fully saturated rings. The highest BCUT2D eigenvalue weighted by atomic mass is 19.4. The highest BCUT2D eigenvalue weighted by Gasteiger charge is 2.35. The minimum Gasteiger partial charge on any atom is -0.226 e. The number of aryl methyl sites for hydroxylation is 1. The number of fused-ring (bicyclic) bond motifs is 6. The summed E-state index contributed by atoms with van der Waals surface area (Å²) in [4.78, 5) is 6.90. The molecule has 2 aliphatic carbocycles. The summed E-state index contributed by atoms with van der Waals surface area (Å²) in [5.41, 5.74) is 5.81. The second-order valence-electron chi connectivity index (χ2n) is 9.84. The Balaban J connectivity index is 1.64. The van der Waals surface area contributed by atoms with Crippen molar-refractivity contribution in [3.63, 3.8) is 0 Å². The van der Waals surface area contributed by atoms with Crippen molar-refractivity contribution in [3.05, 3.63) is 140 Å². The minimum atomic E-state index is -4.88. The number of hydrogen-bond donors (Lipinski definition) is 0. The van der Waals surface area contributed by atoms with Crippen LogP contribution in [0.5, 0.6) is 0 Å². The van der Waals surface area contributed by atoms with Gasteiger partial charge in [-0.15, -0.1) is 0 Å². The summed E-state index contributed by atoms with van der Waals surface area (Å²) >= 11 is 0. The van der Waals surface area contributed by atoms with E-state index in [1.54, 1.807) is 24.3 Å². The summed E-state index contributed by atoms with van der Waals surface area (Å²) in [5, 5.41) is 19.7. The van der Waals surface area contributed by atoms with Crippen molar-refractivity contribution in [1.29, 1.82) is 10.5 Å². The second kappa shape index (κ2) is 9.31. The van der Waals surface area contributed by atoms with Crippen LogP contribution in [0.25, 0.3) is 54.2 Å². The van der Waals surface area contributed by atoms with E-state index in [4.69, 9.17) is 13.1 Å². The summed E-state index contributed by atoms with van der Waals surface area (Å²) in [6.45, 7) is 17.2. The number of halogens is 4. The molecule has 198 valence electrons. The van der Waals surface area contributed by atoms with Crippen LogP contribution < -0.4 is 0 Å². The number of benzene rings is 4. The van der Waals surface area contributed by atoms with Crippen LogP contribution >= 0.6 is 0 Å². The van der Waals surface area contributed by atoms with Crippen molar-refractivity contribution >= 4 is 11.1 Å². The highest BCUT2D eigenvalue weighted by molar-refractivity contribution is 6.11. The molecule has 0 aliphatic heterocycles. The maximum absolute atomic E-state index is 14.0. The van der Waals surface area contributed by atoms with Gasteiger partial charge in [0.15, 0.2) is 0 Å². The smallest absolute Gasteiger partial charge is 0.226 e. The number of hydrogen-bond acceptors (Lipinski definition) is 2. The Kier molecular flexibility index (Phi) is 5.82. The lowest BCUT2D eigenvalue weighted by molar-refractivity contribution is -0.139. The molecule has 0 unspecified atom stereocenters. The monoisotopic (exact) mass is 554 g/mol. The quantitative estimate of drug-likeness (QED) is 0.116. The molecule has 0 saturated carbocycles. The summed E-state index contributed by atoms with van der Waals surface area (Å²) in [6.07, 6.45) is -4.88. The van der Waals surface area contributed by atoms with E-state index >= 15 is 0 Å². The fourth-order valence-corrected chi connectivity index (χ4v) is 5.72. The topological polar surface area (TPSA) is 56.3 Å². The third-order valence-corrected chi connectivity index (χ3v) is 7.52. The van der Waals surface area contributed by atoms with Gasteiger partial charge in [0.05, 0.1) is 30.8 Å². The number of nitrogens with zero attached hydrogens (tertiary/aromatic N) is 4. The first kappa shape index (κ1) is 26.3. The molecule has 42 heavy (non-hydrogen) atoms. The molecule has 0 saturated heterocycles. The Labute approximate surface area is 238 Å². The third-order valence-electron chi connectivity index (χ3n) is 7.52. The molecule has 4 aromatic carbocycles. The number of nitriles is 2. The van der Waals surface area contributed by atoms with E-state index in [1.807, 2.05) is 43.3 Å². The van der Waals surface area contributed by atoms with Gasteiger partial charge in [-0.05, 0) is 92.9 Å². The summed E-state index contributed by atoms with van der Waals surface area (Å²) < 4.78 is 54.3. The molecule has 0 bridgehead atoms. The van der Waals surface area contributed by atoms with Gasteiger partial charge in [0.2, 0.25) is 0 Å². The normalized spacial score (nSPS) is 14.8. The van der Waals surface area contributed by atoms with Gasteiger partial charge in [-0.1, -0.05) is 42.0 Å². The van der Waals surface area contributed by atoms with Crippen LogP contribution in [0.4, 0.5) is 17.6 Å². The highest BCUT2D eigenvalue weighted by Crippen LogP contribution is 2.54. The Morgan fingerprint density at radius 3 is 1.67 bits per heavy atom. The third kappa shape index (κ3) is 3.79. The van der Waals surface area contributed by atoms with E-state index in [2.05, 4.69) is 9.69 Å². The molecule has 0 N–H and O–H groups in total. The lowest BCUT2D eigenvalue weighted by atomic mass is 9.94. The van der Waals surface area contributed by atoms with Gasteiger partial charge in [0.25, 0.3) is 11.4 Å². The van der Waals surface area contributed by atoms with Gasteiger partial charge in [0.1, 0.15) is 5.82 Å². The van der Waals surface area contributed by atoms with Gasteiger partial charge in [-0.3, -0.25) is 0 Å². The number of alkyl halides is 3. The molecule has 0 amide bonds. The van der Waals surface area contributed by atoms with Crippen molar-refractivity contribution in [2.45, 2.75) is 13.1 Å². The molecule has 0 spiro atoms. The zero-order valence-corrected chi connectivity index (χ0v) is 21.7. The van der Waals surface area contributed by atoms with E-state index in [0.717, 1.165) is 34.4 Å². The Hall–Kier alpha value is -5.96. The predicted molar refractivity (Wildman–Crippen MR) is 149 cm³/mol. The van der Waals surface area contributed by atoms with E-state index in [-0.39, 0.29) is 17.0 Å². The van der Waals surface area contributed by atoms with Gasteiger partial charge in [-0.25, -0.2) is 24.6 Å². The first-order chi connectivity index (χ1) is 20.1. The molecule has 0 radical (unpaired) electrons. The fraction of sp³-hybridized carbons (Fsp3) is 0.0588. The van der Waals surface area contributed by atoms with E-state index in [1.165, 1.54) is 6.07 Å². The fourth-order valence-electron chi connectivity index (χ4n) is 5.72. The van der Waals surface area contributed by atoms with Crippen molar-refractivity contribution in [2.75, 3.05) is 0 Å². The summed E-state index contributed by atoms with van der Waals surface area (Å²) in [7, 11) is 0. The van der Waals surface area contributed by atoms with Crippen molar-refractivity contribution in [3.8, 4) is 45.5 Å². The predicted octanol–water partition coefficient (Wildman–Crippen LogP) is 9.19. The molecule has 0 atom stereocenters. The SMILES string of the molecule is [C-]#[N+]C(C#N)=C1c2cc(-c3ccc(F)c(C(F)(F)F)c3)ccc2-c2cc3c(cc21)/C(=C(\C#N)[N+]#[C-])c1cc(C)ccc1-3. The Bertz CT molecular complexity index is 2110. The van der Waals surface area contributed by atoms with Crippen LogP contribution in [0.3, 0.4) is 0 Å². The average Bonchev–Trinajstić information content (AvgIpc) is 3.44. The minimum absolute atomic E-state index is 0.0914. The summed E-state index contributed by atoms with van der Waals surface area (Å²) in [6, 6.07) is 21.0. The van der Waals surface area contributed by atoms with Gasteiger partial charge in [-0.2, -0.15) is 13.2 Å².